The van der Waals surface area contributed by atoms with Crippen molar-refractivity contribution in [3.05, 3.63) is 64.9 Å². The van der Waals surface area contributed by atoms with Gasteiger partial charge in [-0.2, -0.15) is 9.97 Å². The van der Waals surface area contributed by atoms with Crippen LogP contribution in [0.2, 0.25) is 5.02 Å². The van der Waals surface area contributed by atoms with Gasteiger partial charge in [0.15, 0.2) is 5.82 Å². The number of aromatic nitrogens is 3. The van der Waals surface area contributed by atoms with Crippen molar-refractivity contribution in [2.24, 2.45) is 0 Å². The third-order valence-electron chi connectivity index (χ3n) is 4.12. The summed E-state index contributed by atoms with van der Waals surface area (Å²) in [5, 5.41) is 12.9. The molecule has 138 valence electrons. The molecule has 0 spiro atoms. The lowest BCUT2D eigenvalue weighted by atomic mass is 10.0. The minimum atomic E-state index is -0.855. The number of carboxylic acids is 1. The summed E-state index contributed by atoms with van der Waals surface area (Å²) < 4.78 is 0. The number of hydrogen-bond acceptors (Lipinski definition) is 5. The van der Waals surface area contributed by atoms with E-state index in [1.54, 1.807) is 25.1 Å². The highest BCUT2D eigenvalue weighted by atomic mass is 35.5. The molecule has 0 bridgehead atoms. The lowest BCUT2D eigenvalue weighted by molar-refractivity contribution is -0.138. The van der Waals surface area contributed by atoms with Crippen LogP contribution >= 0.6 is 11.6 Å². The molecule has 2 N–H and O–H groups in total. The molecule has 1 aromatic heterocycles. The van der Waals surface area contributed by atoms with E-state index in [0.29, 0.717) is 29.0 Å². The molecule has 3 aromatic rings. The standard InChI is InChI=1S/C20H19ClN4O2/c1-3-17-23-18(14-5-4-6-15(21)11-14)25-20(24-17)22-16-9-7-13(8-10-16)12(2)19(26)27/h4-12H,3H2,1-2H3,(H,26,27)(H,22,23,24,25). The highest BCUT2D eigenvalue weighted by Crippen LogP contribution is 2.23. The fourth-order valence-corrected chi connectivity index (χ4v) is 2.71. The highest BCUT2D eigenvalue weighted by Gasteiger charge is 2.13. The van der Waals surface area contributed by atoms with Crippen molar-refractivity contribution in [1.29, 1.82) is 0 Å². The average Bonchev–Trinajstić information content (AvgIpc) is 2.67. The SMILES string of the molecule is CCc1nc(Nc2ccc(C(C)C(=O)O)cc2)nc(-c2cccc(Cl)c2)n1. The quantitative estimate of drug-likeness (QED) is 0.643. The molecule has 0 aliphatic heterocycles. The van der Waals surface area contributed by atoms with Gasteiger partial charge >= 0.3 is 5.97 Å². The molecule has 7 heteroatoms. The fourth-order valence-electron chi connectivity index (χ4n) is 2.52. The molecule has 1 atom stereocenters. The number of halogens is 1. The number of carboxylic acid groups (broad SMARTS) is 1. The number of hydrogen-bond donors (Lipinski definition) is 2. The highest BCUT2D eigenvalue weighted by molar-refractivity contribution is 6.30. The Labute approximate surface area is 162 Å². The van der Waals surface area contributed by atoms with Gasteiger partial charge in [0.05, 0.1) is 5.92 Å². The van der Waals surface area contributed by atoms with Gasteiger partial charge in [0.2, 0.25) is 5.95 Å². The van der Waals surface area contributed by atoms with Crippen LogP contribution in [0.25, 0.3) is 11.4 Å². The van der Waals surface area contributed by atoms with Crippen LogP contribution in [0, 0.1) is 0 Å². The van der Waals surface area contributed by atoms with Gasteiger partial charge in [0.1, 0.15) is 5.82 Å². The molecule has 6 nitrogen and oxygen atoms in total. The van der Waals surface area contributed by atoms with Crippen molar-refractivity contribution < 1.29 is 9.90 Å². The molecule has 0 fully saturated rings. The Kier molecular flexibility index (Phi) is 5.66. The van der Waals surface area contributed by atoms with E-state index in [2.05, 4.69) is 20.3 Å². The van der Waals surface area contributed by atoms with E-state index in [1.807, 2.05) is 37.3 Å². The fraction of sp³-hybridized carbons (Fsp3) is 0.200. The molecular formula is C20H19ClN4O2. The summed E-state index contributed by atoms with van der Waals surface area (Å²) in [6.45, 7) is 3.63. The van der Waals surface area contributed by atoms with E-state index in [0.717, 1.165) is 16.8 Å². The largest absolute Gasteiger partial charge is 0.481 e. The van der Waals surface area contributed by atoms with E-state index in [4.69, 9.17) is 16.7 Å². The van der Waals surface area contributed by atoms with Crippen molar-refractivity contribution in [3.63, 3.8) is 0 Å². The zero-order valence-electron chi connectivity index (χ0n) is 15.0. The van der Waals surface area contributed by atoms with Crippen LogP contribution in [0.5, 0.6) is 0 Å². The smallest absolute Gasteiger partial charge is 0.310 e. The number of benzene rings is 2. The zero-order chi connectivity index (χ0) is 19.4. The van der Waals surface area contributed by atoms with Crippen LogP contribution in [-0.2, 0) is 11.2 Å². The number of aryl methyl sites for hydroxylation is 1. The van der Waals surface area contributed by atoms with E-state index in [9.17, 15) is 4.79 Å². The molecule has 27 heavy (non-hydrogen) atoms. The van der Waals surface area contributed by atoms with E-state index < -0.39 is 11.9 Å². The Bertz CT molecular complexity index is 960. The second-order valence-electron chi connectivity index (χ2n) is 6.07. The molecule has 0 saturated carbocycles. The van der Waals surface area contributed by atoms with Crippen LogP contribution in [0.15, 0.2) is 48.5 Å². The summed E-state index contributed by atoms with van der Waals surface area (Å²) in [6, 6.07) is 14.5. The van der Waals surface area contributed by atoms with Crippen LogP contribution in [0.1, 0.15) is 31.2 Å². The molecular weight excluding hydrogens is 364 g/mol. The summed E-state index contributed by atoms with van der Waals surface area (Å²) in [5.41, 5.74) is 2.31. The number of carbonyl (C=O) groups is 1. The number of aliphatic carboxylic acids is 1. The molecule has 2 aromatic carbocycles. The second kappa shape index (κ2) is 8.14. The topological polar surface area (TPSA) is 88.0 Å². The molecule has 0 radical (unpaired) electrons. The Morgan fingerprint density at radius 2 is 1.89 bits per heavy atom. The first-order valence-corrected chi connectivity index (χ1v) is 8.94. The predicted octanol–water partition coefficient (Wildman–Crippen LogP) is 4.69. The van der Waals surface area contributed by atoms with Gasteiger partial charge in [-0.25, -0.2) is 4.98 Å². The van der Waals surface area contributed by atoms with Gasteiger partial charge in [-0.1, -0.05) is 42.8 Å². The molecule has 0 aliphatic carbocycles. The molecule has 0 aliphatic rings. The van der Waals surface area contributed by atoms with Crippen molar-refractivity contribution in [2.75, 3.05) is 5.32 Å². The van der Waals surface area contributed by atoms with Gasteiger partial charge in [-0.15, -0.1) is 0 Å². The van der Waals surface area contributed by atoms with Crippen LogP contribution in [-0.4, -0.2) is 26.0 Å². The lowest BCUT2D eigenvalue weighted by Gasteiger charge is -2.10. The van der Waals surface area contributed by atoms with Crippen molar-refractivity contribution in [1.82, 2.24) is 15.0 Å². The van der Waals surface area contributed by atoms with E-state index >= 15 is 0 Å². The number of anilines is 2. The normalized spacial score (nSPS) is 11.8. The molecule has 1 unspecified atom stereocenters. The van der Waals surface area contributed by atoms with Crippen LogP contribution in [0.4, 0.5) is 11.6 Å². The van der Waals surface area contributed by atoms with E-state index in [1.165, 1.54) is 0 Å². The Morgan fingerprint density at radius 3 is 2.52 bits per heavy atom. The maximum absolute atomic E-state index is 11.1. The van der Waals surface area contributed by atoms with Gasteiger partial charge in [0.25, 0.3) is 0 Å². The first kappa shape index (κ1) is 18.8. The first-order chi connectivity index (χ1) is 13.0. The third-order valence-corrected chi connectivity index (χ3v) is 4.35. The number of nitrogens with one attached hydrogen (secondary N) is 1. The second-order valence-corrected chi connectivity index (χ2v) is 6.51. The minimum Gasteiger partial charge on any atom is -0.481 e. The monoisotopic (exact) mass is 382 g/mol. The number of rotatable bonds is 6. The van der Waals surface area contributed by atoms with Gasteiger partial charge < -0.3 is 10.4 Å². The lowest BCUT2D eigenvalue weighted by Crippen LogP contribution is -2.07. The summed E-state index contributed by atoms with van der Waals surface area (Å²) >= 11 is 6.07. The number of nitrogens with zero attached hydrogens (tertiary/aromatic N) is 3. The average molecular weight is 383 g/mol. The van der Waals surface area contributed by atoms with Crippen molar-refractivity contribution in [3.8, 4) is 11.4 Å². The van der Waals surface area contributed by atoms with Gasteiger partial charge in [-0.3, -0.25) is 4.79 Å². The third kappa shape index (κ3) is 4.60. The van der Waals surface area contributed by atoms with Gasteiger partial charge in [0, 0.05) is 22.7 Å². The maximum atomic E-state index is 11.1. The van der Waals surface area contributed by atoms with Crippen molar-refractivity contribution >= 4 is 29.2 Å². The van der Waals surface area contributed by atoms with Crippen LogP contribution < -0.4 is 5.32 Å². The van der Waals surface area contributed by atoms with Crippen LogP contribution in [0.3, 0.4) is 0 Å². The molecule has 0 amide bonds. The first-order valence-electron chi connectivity index (χ1n) is 8.57. The summed E-state index contributed by atoms with van der Waals surface area (Å²) in [5.74, 6) is 0.224. The van der Waals surface area contributed by atoms with Gasteiger partial charge in [-0.05, 0) is 36.8 Å². The maximum Gasteiger partial charge on any atom is 0.310 e. The molecule has 3 rings (SSSR count). The Balaban J connectivity index is 1.88. The Morgan fingerprint density at radius 1 is 1.15 bits per heavy atom. The van der Waals surface area contributed by atoms with E-state index in [-0.39, 0.29) is 0 Å². The van der Waals surface area contributed by atoms with Crippen molar-refractivity contribution in [2.45, 2.75) is 26.2 Å². The predicted molar refractivity (Wildman–Crippen MR) is 105 cm³/mol. The minimum absolute atomic E-state index is 0.427. The summed E-state index contributed by atoms with van der Waals surface area (Å²) in [6.07, 6.45) is 0.666. The Hall–Kier alpha value is -2.99. The summed E-state index contributed by atoms with van der Waals surface area (Å²) in [4.78, 5) is 24.5. The zero-order valence-corrected chi connectivity index (χ0v) is 15.7. The molecule has 1 heterocycles. The molecule has 0 saturated heterocycles. The summed E-state index contributed by atoms with van der Waals surface area (Å²) in [7, 11) is 0.